The van der Waals surface area contributed by atoms with Gasteiger partial charge in [0.25, 0.3) is 0 Å². The van der Waals surface area contributed by atoms with E-state index in [2.05, 4.69) is 15.5 Å². The first-order chi connectivity index (χ1) is 10.7. The zero-order valence-electron chi connectivity index (χ0n) is 14.7. The van der Waals surface area contributed by atoms with E-state index in [0.29, 0.717) is 11.7 Å². The van der Waals surface area contributed by atoms with Crippen molar-refractivity contribution in [3.8, 4) is 0 Å². The predicted molar refractivity (Wildman–Crippen MR) is 94.9 cm³/mol. The van der Waals surface area contributed by atoms with Crippen molar-refractivity contribution < 1.29 is 9.32 Å². The monoisotopic (exact) mass is 352 g/mol. The Labute approximate surface area is 148 Å². The van der Waals surface area contributed by atoms with E-state index in [4.69, 9.17) is 10.3 Å². The van der Waals surface area contributed by atoms with Crippen molar-refractivity contribution >= 4 is 18.3 Å². The fourth-order valence-electron chi connectivity index (χ4n) is 2.01. The number of nitrogens with one attached hydrogen (secondary N) is 1. The summed E-state index contributed by atoms with van der Waals surface area (Å²) in [6, 6.07) is 6.44. The van der Waals surface area contributed by atoms with Crippen LogP contribution in [0.5, 0.6) is 0 Å². The number of carbonyl (C=O) groups excluding carboxylic acids is 1. The van der Waals surface area contributed by atoms with Crippen LogP contribution >= 0.6 is 12.4 Å². The number of carbonyl (C=O) groups is 1. The van der Waals surface area contributed by atoms with Crippen LogP contribution in [0.2, 0.25) is 0 Å². The molecule has 2 rings (SSSR count). The molecule has 1 heterocycles. The molecule has 3 N–H and O–H groups in total. The van der Waals surface area contributed by atoms with Gasteiger partial charge in [-0.1, -0.05) is 55.8 Å². The third-order valence-electron chi connectivity index (χ3n) is 3.56. The third kappa shape index (κ3) is 4.79. The maximum Gasteiger partial charge on any atom is 0.248 e. The summed E-state index contributed by atoms with van der Waals surface area (Å²) in [5, 5.41) is 6.77. The molecule has 0 aliphatic heterocycles. The van der Waals surface area contributed by atoms with Crippen LogP contribution in [0.3, 0.4) is 0 Å². The highest BCUT2D eigenvalue weighted by molar-refractivity contribution is 5.85. The first kappa shape index (κ1) is 20.1. The van der Waals surface area contributed by atoms with Crippen molar-refractivity contribution in [1.29, 1.82) is 0 Å². The number of amides is 1. The molecule has 24 heavy (non-hydrogen) atoms. The molecular weight excluding hydrogens is 328 g/mol. The highest BCUT2D eigenvalue weighted by Crippen LogP contribution is 2.21. The van der Waals surface area contributed by atoms with Crippen LogP contribution in [0.15, 0.2) is 28.8 Å². The number of nitrogens with zero attached hydrogens (tertiary/aromatic N) is 2. The molecule has 1 amide bonds. The minimum atomic E-state index is -0.733. The molecule has 7 heteroatoms. The van der Waals surface area contributed by atoms with Crippen molar-refractivity contribution in [2.75, 3.05) is 0 Å². The van der Waals surface area contributed by atoms with E-state index < -0.39 is 12.1 Å². The van der Waals surface area contributed by atoms with Crippen LogP contribution in [-0.4, -0.2) is 16.0 Å². The van der Waals surface area contributed by atoms with Gasteiger partial charge in [-0.3, -0.25) is 4.79 Å². The quantitative estimate of drug-likeness (QED) is 0.882. The number of aryl methyl sites for hydroxylation is 1. The van der Waals surface area contributed by atoms with E-state index in [-0.39, 0.29) is 23.7 Å². The van der Waals surface area contributed by atoms with E-state index in [0.717, 1.165) is 11.1 Å². The molecule has 1 aromatic carbocycles. The summed E-state index contributed by atoms with van der Waals surface area (Å²) in [4.78, 5) is 16.6. The van der Waals surface area contributed by atoms with Gasteiger partial charge in [-0.25, -0.2) is 0 Å². The van der Waals surface area contributed by atoms with E-state index in [1.165, 1.54) is 0 Å². The molecule has 132 valence electrons. The van der Waals surface area contributed by atoms with Gasteiger partial charge in [0, 0.05) is 5.41 Å². The predicted octanol–water partition coefficient (Wildman–Crippen LogP) is 2.97. The molecule has 0 saturated heterocycles. The van der Waals surface area contributed by atoms with Crippen LogP contribution in [0.25, 0.3) is 0 Å². The van der Waals surface area contributed by atoms with Crippen molar-refractivity contribution in [3.63, 3.8) is 0 Å². The third-order valence-corrected chi connectivity index (χ3v) is 3.56. The molecule has 0 bridgehead atoms. The molecule has 0 spiro atoms. The Balaban J connectivity index is 0.00000288. The molecule has 0 aliphatic rings. The Hall–Kier alpha value is -1.92. The molecule has 6 nitrogen and oxygen atoms in total. The van der Waals surface area contributed by atoms with Crippen LogP contribution in [0.1, 0.15) is 62.6 Å². The minimum Gasteiger partial charge on any atom is -0.343 e. The van der Waals surface area contributed by atoms with Gasteiger partial charge in [-0.2, -0.15) is 4.98 Å². The summed E-state index contributed by atoms with van der Waals surface area (Å²) in [6.07, 6.45) is 0. The SMILES string of the molecule is Cc1ccc(C(N)C(=O)NC(C)c2nc(C(C)(C)C)no2)cc1.Cl. The van der Waals surface area contributed by atoms with Crippen LogP contribution < -0.4 is 11.1 Å². The number of hydrogen-bond acceptors (Lipinski definition) is 5. The van der Waals surface area contributed by atoms with Crippen molar-refractivity contribution in [1.82, 2.24) is 15.5 Å². The molecule has 0 radical (unpaired) electrons. The number of hydrogen-bond donors (Lipinski definition) is 2. The molecule has 1 aromatic heterocycles. The topological polar surface area (TPSA) is 94.0 Å². The highest BCUT2D eigenvalue weighted by atomic mass is 35.5. The second kappa shape index (κ2) is 7.77. The van der Waals surface area contributed by atoms with Gasteiger partial charge >= 0.3 is 0 Å². The Bertz CT molecular complexity index is 677. The number of benzene rings is 1. The summed E-state index contributed by atoms with van der Waals surface area (Å²) < 4.78 is 5.24. The van der Waals surface area contributed by atoms with Crippen LogP contribution in [-0.2, 0) is 10.2 Å². The Morgan fingerprint density at radius 2 is 1.83 bits per heavy atom. The van der Waals surface area contributed by atoms with Gasteiger partial charge in [-0.15, -0.1) is 12.4 Å². The van der Waals surface area contributed by atoms with Gasteiger partial charge in [0.05, 0.1) is 0 Å². The van der Waals surface area contributed by atoms with E-state index in [1.54, 1.807) is 6.92 Å². The fourth-order valence-corrected chi connectivity index (χ4v) is 2.01. The van der Waals surface area contributed by atoms with Crippen molar-refractivity contribution in [2.24, 2.45) is 5.73 Å². The van der Waals surface area contributed by atoms with Gasteiger partial charge < -0.3 is 15.6 Å². The molecule has 0 saturated carbocycles. The van der Waals surface area contributed by atoms with Crippen LogP contribution in [0, 0.1) is 6.92 Å². The van der Waals surface area contributed by atoms with Gasteiger partial charge in [-0.05, 0) is 19.4 Å². The maximum absolute atomic E-state index is 12.3. The lowest BCUT2D eigenvalue weighted by molar-refractivity contribution is -0.123. The summed E-state index contributed by atoms with van der Waals surface area (Å²) >= 11 is 0. The first-order valence-corrected chi connectivity index (χ1v) is 7.65. The lowest BCUT2D eigenvalue weighted by atomic mass is 9.96. The number of aromatic nitrogens is 2. The fraction of sp³-hybridized carbons (Fsp3) is 0.471. The number of rotatable bonds is 4. The molecule has 0 fully saturated rings. The van der Waals surface area contributed by atoms with Gasteiger partial charge in [0.1, 0.15) is 12.1 Å². The molecule has 0 aliphatic carbocycles. The minimum absolute atomic E-state index is 0. The normalized spacial score (nSPS) is 13.8. The van der Waals surface area contributed by atoms with Crippen molar-refractivity contribution in [2.45, 2.75) is 52.1 Å². The average molecular weight is 353 g/mol. The van der Waals surface area contributed by atoms with E-state index >= 15 is 0 Å². The zero-order chi connectivity index (χ0) is 17.2. The lowest BCUT2D eigenvalue weighted by Crippen LogP contribution is -2.35. The highest BCUT2D eigenvalue weighted by Gasteiger charge is 2.25. The lowest BCUT2D eigenvalue weighted by Gasteiger charge is -2.15. The molecule has 2 unspecified atom stereocenters. The van der Waals surface area contributed by atoms with Crippen LogP contribution in [0.4, 0.5) is 0 Å². The van der Waals surface area contributed by atoms with E-state index in [1.807, 2.05) is 52.0 Å². The second-order valence-electron chi connectivity index (χ2n) is 6.82. The Morgan fingerprint density at radius 1 is 1.25 bits per heavy atom. The average Bonchev–Trinajstić information content (AvgIpc) is 2.97. The first-order valence-electron chi connectivity index (χ1n) is 7.65. The summed E-state index contributed by atoms with van der Waals surface area (Å²) in [7, 11) is 0. The van der Waals surface area contributed by atoms with Gasteiger partial charge in [0.2, 0.25) is 11.8 Å². The van der Waals surface area contributed by atoms with Gasteiger partial charge in [0.15, 0.2) is 5.82 Å². The zero-order valence-corrected chi connectivity index (χ0v) is 15.5. The Morgan fingerprint density at radius 3 is 2.33 bits per heavy atom. The number of halogens is 1. The molecule has 2 atom stereocenters. The second-order valence-corrected chi connectivity index (χ2v) is 6.82. The maximum atomic E-state index is 12.3. The Kier molecular flexibility index (Phi) is 6.51. The summed E-state index contributed by atoms with van der Waals surface area (Å²) in [5.74, 6) is 0.702. The van der Waals surface area contributed by atoms with E-state index in [9.17, 15) is 4.79 Å². The summed E-state index contributed by atoms with van der Waals surface area (Å²) in [5.41, 5.74) is 7.69. The molecule has 2 aromatic rings. The smallest absolute Gasteiger partial charge is 0.248 e. The van der Waals surface area contributed by atoms with Crippen molar-refractivity contribution in [3.05, 3.63) is 47.1 Å². The standard InChI is InChI=1S/C17H24N4O2.ClH/c1-10-6-8-12(9-7-10)13(18)14(22)19-11(2)15-20-16(21-23-15)17(3,4)5;/h6-9,11,13H,18H2,1-5H3,(H,19,22);1H. The molecular formula is C17H25ClN4O2. The number of nitrogens with two attached hydrogens (primary N) is 1. The largest absolute Gasteiger partial charge is 0.343 e. The summed E-state index contributed by atoms with van der Waals surface area (Å²) in [6.45, 7) is 9.77.